The first-order chi connectivity index (χ1) is 12.4. The molecular formula is C15H13N7O3S. The maximum atomic E-state index is 12.7. The van der Waals surface area contributed by atoms with Crippen molar-refractivity contribution in [3.63, 3.8) is 0 Å². The molecule has 3 heterocycles. The molecule has 4 aromatic rings. The van der Waals surface area contributed by atoms with Gasteiger partial charge in [0.05, 0.1) is 17.3 Å². The summed E-state index contributed by atoms with van der Waals surface area (Å²) in [5.41, 5.74) is 1.92. The number of nitrogens with zero attached hydrogens (tertiary/aromatic N) is 6. The van der Waals surface area contributed by atoms with Crippen LogP contribution >= 0.6 is 0 Å². The molecule has 0 fully saturated rings. The number of anilines is 1. The minimum Gasteiger partial charge on any atom is -0.336 e. The third kappa shape index (κ3) is 2.77. The number of pyridine rings is 1. The lowest BCUT2D eigenvalue weighted by Crippen LogP contribution is -2.13. The van der Waals surface area contributed by atoms with E-state index in [9.17, 15) is 8.42 Å². The average molecular weight is 371 g/mol. The summed E-state index contributed by atoms with van der Waals surface area (Å²) in [6.07, 6.45) is 1.23. The van der Waals surface area contributed by atoms with E-state index in [0.717, 1.165) is 0 Å². The van der Waals surface area contributed by atoms with Crippen LogP contribution in [0.25, 0.3) is 22.5 Å². The van der Waals surface area contributed by atoms with Gasteiger partial charge in [-0.15, -0.1) is 5.10 Å². The standard InChI is InChI=1S/C15H13N7O3S/c1-9-13-7-12(8-16-15(13)25-18-9)26(23,24)19-11-5-3-4-10(6-11)14-17-20-21-22(14)2/h3-8,19H,1-2H3. The zero-order valence-electron chi connectivity index (χ0n) is 13.8. The van der Waals surface area contributed by atoms with Crippen LogP contribution in [0.1, 0.15) is 5.69 Å². The summed E-state index contributed by atoms with van der Waals surface area (Å²) in [6.45, 7) is 1.72. The van der Waals surface area contributed by atoms with Crippen LogP contribution in [0.4, 0.5) is 5.69 Å². The van der Waals surface area contributed by atoms with Gasteiger partial charge in [-0.2, -0.15) is 0 Å². The molecular weight excluding hydrogens is 358 g/mol. The molecule has 0 radical (unpaired) electrons. The van der Waals surface area contributed by atoms with Crippen molar-refractivity contribution in [2.45, 2.75) is 11.8 Å². The highest BCUT2D eigenvalue weighted by Crippen LogP contribution is 2.24. The second-order valence-electron chi connectivity index (χ2n) is 5.60. The van der Waals surface area contributed by atoms with Gasteiger partial charge in [-0.25, -0.2) is 18.1 Å². The van der Waals surface area contributed by atoms with Crippen molar-refractivity contribution in [3.8, 4) is 11.4 Å². The predicted octanol–water partition coefficient (Wildman–Crippen LogP) is 1.52. The molecule has 11 heteroatoms. The van der Waals surface area contributed by atoms with Crippen LogP contribution in [0.2, 0.25) is 0 Å². The topological polar surface area (TPSA) is 129 Å². The van der Waals surface area contributed by atoms with E-state index in [1.807, 2.05) is 0 Å². The Hall–Kier alpha value is -3.34. The number of tetrazole rings is 1. The van der Waals surface area contributed by atoms with E-state index in [4.69, 9.17) is 4.52 Å². The molecule has 0 spiro atoms. The highest BCUT2D eigenvalue weighted by molar-refractivity contribution is 7.92. The summed E-state index contributed by atoms with van der Waals surface area (Å²) in [4.78, 5) is 4.02. The third-order valence-corrected chi connectivity index (χ3v) is 5.14. The molecule has 26 heavy (non-hydrogen) atoms. The van der Waals surface area contributed by atoms with Crippen LogP contribution < -0.4 is 4.72 Å². The number of nitrogens with one attached hydrogen (secondary N) is 1. The Balaban J connectivity index is 1.69. The number of aromatic nitrogens is 6. The van der Waals surface area contributed by atoms with Crippen LogP contribution in [-0.2, 0) is 17.1 Å². The first kappa shape index (κ1) is 16.1. The molecule has 10 nitrogen and oxygen atoms in total. The van der Waals surface area contributed by atoms with Gasteiger partial charge in [0.25, 0.3) is 15.7 Å². The van der Waals surface area contributed by atoms with E-state index in [0.29, 0.717) is 33.9 Å². The van der Waals surface area contributed by atoms with Gasteiger partial charge in [0, 0.05) is 18.3 Å². The van der Waals surface area contributed by atoms with Gasteiger partial charge < -0.3 is 4.52 Å². The molecule has 0 atom stereocenters. The van der Waals surface area contributed by atoms with E-state index >= 15 is 0 Å². The summed E-state index contributed by atoms with van der Waals surface area (Å²) < 4.78 is 34.4. The quantitative estimate of drug-likeness (QED) is 0.572. The van der Waals surface area contributed by atoms with Gasteiger partial charge in [0.15, 0.2) is 5.82 Å². The van der Waals surface area contributed by atoms with E-state index in [1.54, 1.807) is 38.2 Å². The monoisotopic (exact) mass is 371 g/mol. The van der Waals surface area contributed by atoms with Crippen LogP contribution in [0.15, 0.2) is 45.9 Å². The molecule has 0 aliphatic rings. The minimum atomic E-state index is -3.84. The van der Waals surface area contributed by atoms with Gasteiger partial charge in [-0.05, 0) is 35.5 Å². The van der Waals surface area contributed by atoms with Crippen LogP contribution in [-0.4, -0.2) is 38.8 Å². The van der Waals surface area contributed by atoms with Crippen LogP contribution in [0, 0.1) is 6.92 Å². The molecule has 1 N–H and O–H groups in total. The molecule has 0 aliphatic heterocycles. The van der Waals surface area contributed by atoms with Crippen molar-refractivity contribution in [2.24, 2.45) is 7.05 Å². The minimum absolute atomic E-state index is 0.0158. The van der Waals surface area contributed by atoms with E-state index < -0.39 is 10.0 Å². The second-order valence-corrected chi connectivity index (χ2v) is 7.29. The molecule has 0 bridgehead atoms. The Labute approximate surface area is 147 Å². The SMILES string of the molecule is Cc1noc2ncc(S(=O)(=O)Nc3cccc(-c4nnnn4C)c3)cc12. The lowest BCUT2D eigenvalue weighted by atomic mass is 10.2. The maximum absolute atomic E-state index is 12.7. The van der Waals surface area contributed by atoms with Crippen molar-refractivity contribution >= 4 is 26.8 Å². The zero-order valence-corrected chi connectivity index (χ0v) is 14.6. The Kier molecular flexibility index (Phi) is 3.65. The smallest absolute Gasteiger partial charge is 0.263 e. The summed E-state index contributed by atoms with van der Waals surface area (Å²) in [7, 11) is -2.13. The number of hydrogen-bond donors (Lipinski definition) is 1. The predicted molar refractivity (Wildman–Crippen MR) is 91.6 cm³/mol. The number of aryl methyl sites for hydroxylation is 2. The molecule has 0 saturated carbocycles. The summed E-state index contributed by atoms with van der Waals surface area (Å²) >= 11 is 0. The van der Waals surface area contributed by atoms with Crippen molar-refractivity contribution in [3.05, 3.63) is 42.2 Å². The number of benzene rings is 1. The molecule has 3 aromatic heterocycles. The van der Waals surface area contributed by atoms with E-state index in [1.165, 1.54) is 16.9 Å². The van der Waals surface area contributed by atoms with E-state index in [2.05, 4.69) is 30.4 Å². The van der Waals surface area contributed by atoms with Gasteiger partial charge in [-0.3, -0.25) is 4.72 Å². The summed E-state index contributed by atoms with van der Waals surface area (Å²) in [6, 6.07) is 8.28. The Morgan fingerprint density at radius 2 is 2.08 bits per heavy atom. The highest BCUT2D eigenvalue weighted by Gasteiger charge is 2.18. The number of fused-ring (bicyclic) bond motifs is 1. The molecule has 0 aliphatic carbocycles. The van der Waals surface area contributed by atoms with Gasteiger partial charge >= 0.3 is 0 Å². The molecule has 132 valence electrons. The Bertz CT molecular complexity index is 1210. The fourth-order valence-corrected chi connectivity index (χ4v) is 3.50. The Morgan fingerprint density at radius 1 is 1.23 bits per heavy atom. The largest absolute Gasteiger partial charge is 0.336 e. The van der Waals surface area contributed by atoms with Gasteiger partial charge in [-0.1, -0.05) is 17.3 Å². The highest BCUT2D eigenvalue weighted by atomic mass is 32.2. The van der Waals surface area contributed by atoms with E-state index in [-0.39, 0.29) is 4.90 Å². The number of rotatable bonds is 4. The third-order valence-electron chi connectivity index (χ3n) is 3.79. The fraction of sp³-hybridized carbons (Fsp3) is 0.133. The van der Waals surface area contributed by atoms with Gasteiger partial charge in [0.2, 0.25) is 0 Å². The number of hydrogen-bond acceptors (Lipinski definition) is 8. The number of sulfonamides is 1. The second kappa shape index (κ2) is 5.88. The lowest BCUT2D eigenvalue weighted by Gasteiger charge is -2.09. The Morgan fingerprint density at radius 3 is 2.85 bits per heavy atom. The maximum Gasteiger partial charge on any atom is 0.263 e. The molecule has 0 saturated heterocycles. The van der Waals surface area contributed by atoms with Gasteiger partial charge in [0.1, 0.15) is 4.90 Å². The molecule has 1 aromatic carbocycles. The fourth-order valence-electron chi connectivity index (χ4n) is 2.48. The summed E-state index contributed by atoms with van der Waals surface area (Å²) in [5.74, 6) is 0.522. The molecule has 4 rings (SSSR count). The zero-order chi connectivity index (χ0) is 18.3. The average Bonchev–Trinajstić information content (AvgIpc) is 3.20. The van der Waals surface area contributed by atoms with Crippen molar-refractivity contribution in [1.82, 2.24) is 30.3 Å². The molecule has 0 amide bonds. The van der Waals surface area contributed by atoms with Crippen LogP contribution in [0.3, 0.4) is 0 Å². The normalized spacial score (nSPS) is 11.8. The van der Waals surface area contributed by atoms with Crippen molar-refractivity contribution in [1.29, 1.82) is 0 Å². The first-order valence-electron chi connectivity index (χ1n) is 7.52. The molecule has 0 unspecified atom stereocenters. The van der Waals surface area contributed by atoms with Crippen molar-refractivity contribution < 1.29 is 12.9 Å². The lowest BCUT2D eigenvalue weighted by molar-refractivity contribution is 0.442. The first-order valence-corrected chi connectivity index (χ1v) is 9.00. The van der Waals surface area contributed by atoms with Crippen LogP contribution in [0.5, 0.6) is 0 Å². The summed E-state index contributed by atoms with van der Waals surface area (Å²) in [5, 5.41) is 15.6. The van der Waals surface area contributed by atoms with Crippen molar-refractivity contribution in [2.75, 3.05) is 4.72 Å².